The molecule has 1 heterocycles. The molecule has 0 spiro atoms. The first-order valence-corrected chi connectivity index (χ1v) is 5.87. The van der Waals surface area contributed by atoms with Crippen molar-refractivity contribution in [2.75, 3.05) is 12.4 Å². The Hall–Kier alpha value is -2.62. The lowest BCUT2D eigenvalue weighted by atomic mass is 10.0. The molecule has 3 aromatic rings. The summed E-state index contributed by atoms with van der Waals surface area (Å²) in [6.45, 7) is 0. The lowest BCUT2D eigenvalue weighted by Gasteiger charge is -2.07. The second-order valence-corrected chi connectivity index (χ2v) is 4.20. The van der Waals surface area contributed by atoms with Crippen LogP contribution < -0.4 is 10.7 Å². The molecule has 4 heteroatoms. The van der Waals surface area contributed by atoms with Crippen LogP contribution in [-0.4, -0.2) is 13.3 Å². The molecule has 0 saturated heterocycles. The summed E-state index contributed by atoms with van der Waals surface area (Å²) in [5, 5.41) is 4.91. The molecule has 0 atom stereocenters. The molecule has 4 nitrogen and oxygen atoms in total. The first-order valence-electron chi connectivity index (χ1n) is 5.87. The zero-order valence-corrected chi connectivity index (χ0v) is 10.3. The maximum atomic E-state index is 12.4. The Morgan fingerprint density at radius 1 is 1.16 bits per heavy atom. The second kappa shape index (κ2) is 4.24. The fraction of sp³-hybridized carbons (Fsp3) is 0.0667. The number of rotatable bonds is 2. The number of fused-ring (bicyclic) bond motifs is 3. The van der Waals surface area contributed by atoms with Crippen molar-refractivity contribution in [3.05, 3.63) is 52.2 Å². The van der Waals surface area contributed by atoms with Gasteiger partial charge in [-0.25, -0.2) is 0 Å². The van der Waals surface area contributed by atoms with E-state index in [4.69, 9.17) is 4.42 Å². The number of hydrogen-bond acceptors (Lipinski definition) is 4. The average molecular weight is 253 g/mol. The van der Waals surface area contributed by atoms with E-state index in [9.17, 15) is 9.59 Å². The van der Waals surface area contributed by atoms with Gasteiger partial charge in [0.25, 0.3) is 0 Å². The number of carbonyl (C=O) groups is 1. The van der Waals surface area contributed by atoms with Gasteiger partial charge in [0.15, 0.2) is 6.29 Å². The zero-order chi connectivity index (χ0) is 13.4. The van der Waals surface area contributed by atoms with Crippen LogP contribution in [-0.2, 0) is 0 Å². The van der Waals surface area contributed by atoms with E-state index in [1.165, 1.54) is 0 Å². The lowest BCUT2D eigenvalue weighted by Crippen LogP contribution is -2.12. The number of aldehydes is 1. The smallest absolute Gasteiger partial charge is 0.207 e. The highest BCUT2D eigenvalue weighted by atomic mass is 16.3. The van der Waals surface area contributed by atoms with Crippen molar-refractivity contribution in [2.45, 2.75) is 0 Å². The first kappa shape index (κ1) is 11.5. The van der Waals surface area contributed by atoms with Crippen molar-refractivity contribution in [3.63, 3.8) is 0 Å². The molecule has 19 heavy (non-hydrogen) atoms. The van der Waals surface area contributed by atoms with Gasteiger partial charge in [-0.05, 0) is 16.8 Å². The number of hydrogen-bond donors (Lipinski definition) is 1. The molecular weight excluding hydrogens is 242 g/mol. The summed E-state index contributed by atoms with van der Waals surface area (Å²) >= 11 is 0. The summed E-state index contributed by atoms with van der Waals surface area (Å²) < 4.78 is 5.58. The van der Waals surface area contributed by atoms with Crippen LogP contribution in [0.15, 0.2) is 45.6 Å². The van der Waals surface area contributed by atoms with Crippen molar-refractivity contribution in [1.82, 2.24) is 0 Å². The molecule has 0 unspecified atom stereocenters. The SMILES string of the molecule is CNc1oc2ccc3ccccc3c2c(=O)c1C=O. The fourth-order valence-electron chi connectivity index (χ4n) is 2.27. The summed E-state index contributed by atoms with van der Waals surface area (Å²) in [6, 6.07) is 11.2. The minimum Gasteiger partial charge on any atom is -0.440 e. The molecule has 2 aromatic carbocycles. The first-order chi connectivity index (χ1) is 9.26. The Bertz CT molecular complexity index is 849. The predicted octanol–water partition coefficient (Wildman–Crippen LogP) is 2.80. The maximum Gasteiger partial charge on any atom is 0.207 e. The van der Waals surface area contributed by atoms with E-state index in [1.54, 1.807) is 13.1 Å². The minimum absolute atomic E-state index is 0.0198. The maximum absolute atomic E-state index is 12.4. The normalized spacial score (nSPS) is 10.8. The van der Waals surface area contributed by atoms with E-state index in [0.29, 0.717) is 17.3 Å². The van der Waals surface area contributed by atoms with E-state index in [1.807, 2.05) is 30.3 Å². The minimum atomic E-state index is -0.308. The molecular formula is C15H11NO3. The third-order valence-electron chi connectivity index (χ3n) is 3.16. The molecule has 0 bridgehead atoms. The molecule has 0 aliphatic rings. The van der Waals surface area contributed by atoms with Gasteiger partial charge in [-0.15, -0.1) is 0 Å². The van der Waals surface area contributed by atoms with E-state index < -0.39 is 0 Å². The van der Waals surface area contributed by atoms with Crippen LogP contribution in [0.2, 0.25) is 0 Å². The van der Waals surface area contributed by atoms with Crippen molar-refractivity contribution in [1.29, 1.82) is 0 Å². The van der Waals surface area contributed by atoms with E-state index in [2.05, 4.69) is 5.32 Å². The Morgan fingerprint density at radius 2 is 1.95 bits per heavy atom. The van der Waals surface area contributed by atoms with Gasteiger partial charge in [-0.1, -0.05) is 30.3 Å². The zero-order valence-electron chi connectivity index (χ0n) is 10.3. The fourth-order valence-corrected chi connectivity index (χ4v) is 2.27. The van der Waals surface area contributed by atoms with Crippen LogP contribution >= 0.6 is 0 Å². The van der Waals surface area contributed by atoms with Crippen LogP contribution in [0.3, 0.4) is 0 Å². The highest BCUT2D eigenvalue weighted by Crippen LogP contribution is 2.25. The summed E-state index contributed by atoms with van der Waals surface area (Å²) in [4.78, 5) is 23.5. The molecule has 1 N–H and O–H groups in total. The molecule has 0 amide bonds. The molecule has 1 aromatic heterocycles. The van der Waals surface area contributed by atoms with Gasteiger partial charge in [-0.2, -0.15) is 0 Å². The highest BCUT2D eigenvalue weighted by Gasteiger charge is 2.14. The van der Waals surface area contributed by atoms with Crippen LogP contribution in [0.1, 0.15) is 10.4 Å². The van der Waals surface area contributed by atoms with Crippen molar-refractivity contribution in [2.24, 2.45) is 0 Å². The third-order valence-corrected chi connectivity index (χ3v) is 3.16. The molecule has 3 rings (SSSR count). The van der Waals surface area contributed by atoms with Gasteiger partial charge in [0.05, 0.1) is 5.39 Å². The molecule has 0 aliphatic carbocycles. The molecule has 0 saturated carbocycles. The average Bonchev–Trinajstić information content (AvgIpc) is 2.46. The summed E-state index contributed by atoms with van der Waals surface area (Å²) in [6.07, 6.45) is 0.527. The van der Waals surface area contributed by atoms with Crippen LogP contribution in [0.5, 0.6) is 0 Å². The quantitative estimate of drug-likeness (QED) is 0.563. The van der Waals surface area contributed by atoms with E-state index >= 15 is 0 Å². The second-order valence-electron chi connectivity index (χ2n) is 4.20. The molecule has 0 aliphatic heterocycles. The number of carbonyl (C=O) groups excluding carboxylic acids is 1. The topological polar surface area (TPSA) is 59.3 Å². The van der Waals surface area contributed by atoms with Crippen molar-refractivity contribution < 1.29 is 9.21 Å². The van der Waals surface area contributed by atoms with E-state index in [-0.39, 0.29) is 16.9 Å². The Labute approximate surface area is 108 Å². The molecule has 94 valence electrons. The van der Waals surface area contributed by atoms with Crippen LogP contribution in [0.25, 0.3) is 21.7 Å². The Morgan fingerprint density at radius 3 is 2.68 bits per heavy atom. The molecule has 0 fully saturated rings. The Balaban J connectivity index is 2.60. The van der Waals surface area contributed by atoms with Gasteiger partial charge in [0.1, 0.15) is 11.1 Å². The highest BCUT2D eigenvalue weighted by molar-refractivity contribution is 6.07. The molecule has 0 radical (unpaired) electrons. The Kier molecular flexibility index (Phi) is 2.56. The van der Waals surface area contributed by atoms with E-state index in [0.717, 1.165) is 10.8 Å². The van der Waals surface area contributed by atoms with Crippen LogP contribution in [0.4, 0.5) is 5.88 Å². The van der Waals surface area contributed by atoms with Crippen molar-refractivity contribution >= 4 is 33.9 Å². The monoisotopic (exact) mass is 253 g/mol. The van der Waals surface area contributed by atoms with Gasteiger partial charge >= 0.3 is 0 Å². The van der Waals surface area contributed by atoms with Gasteiger partial charge in [-0.3, -0.25) is 9.59 Å². The number of anilines is 1. The summed E-state index contributed by atoms with van der Waals surface area (Å²) in [5.41, 5.74) is 0.183. The number of nitrogens with one attached hydrogen (secondary N) is 1. The van der Waals surface area contributed by atoms with Gasteiger partial charge in [0.2, 0.25) is 11.3 Å². The van der Waals surface area contributed by atoms with Gasteiger partial charge in [0, 0.05) is 7.05 Å². The largest absolute Gasteiger partial charge is 0.440 e. The van der Waals surface area contributed by atoms with Gasteiger partial charge < -0.3 is 9.73 Å². The summed E-state index contributed by atoms with van der Waals surface area (Å²) in [5.74, 6) is 0.197. The van der Waals surface area contributed by atoms with Crippen molar-refractivity contribution in [3.8, 4) is 0 Å². The standard InChI is InChI=1S/C15H11NO3/c1-16-15-11(8-17)14(18)13-10-5-3-2-4-9(10)6-7-12(13)19-15/h2-8,16H,1H3. The summed E-state index contributed by atoms with van der Waals surface area (Å²) in [7, 11) is 1.61. The predicted molar refractivity (Wildman–Crippen MR) is 74.9 cm³/mol. The third kappa shape index (κ3) is 1.61. The lowest BCUT2D eigenvalue weighted by molar-refractivity contribution is 0.112. The van der Waals surface area contributed by atoms with Crippen LogP contribution in [0, 0.1) is 0 Å². The number of benzene rings is 2.